The van der Waals surface area contributed by atoms with Crippen molar-refractivity contribution in [2.45, 2.75) is 25.4 Å². The second-order valence-corrected chi connectivity index (χ2v) is 4.88. The number of rotatable bonds is 4. The summed E-state index contributed by atoms with van der Waals surface area (Å²) >= 11 is 5.73. The van der Waals surface area contributed by atoms with Gasteiger partial charge in [-0.15, -0.1) is 0 Å². The summed E-state index contributed by atoms with van der Waals surface area (Å²) in [6, 6.07) is 3.14. The normalized spacial score (nSPS) is 23.0. The van der Waals surface area contributed by atoms with Crippen molar-refractivity contribution in [2.24, 2.45) is 5.92 Å². The SMILES string of the molecule is O=C(O)c1nc(NCC2CCCC2O)ccc1Cl. The molecule has 3 N–H and O–H groups in total. The average Bonchev–Trinajstić information content (AvgIpc) is 2.73. The van der Waals surface area contributed by atoms with Crippen molar-refractivity contribution >= 4 is 23.4 Å². The molecule has 2 unspecified atom stereocenters. The third-order valence-electron chi connectivity index (χ3n) is 3.21. The van der Waals surface area contributed by atoms with Gasteiger partial charge >= 0.3 is 5.97 Å². The monoisotopic (exact) mass is 270 g/mol. The maximum atomic E-state index is 10.9. The minimum absolute atomic E-state index is 0.119. The summed E-state index contributed by atoms with van der Waals surface area (Å²) in [5.74, 6) is -0.476. The van der Waals surface area contributed by atoms with E-state index in [-0.39, 0.29) is 22.7 Å². The number of nitrogens with one attached hydrogen (secondary N) is 1. The molecule has 0 spiro atoms. The summed E-state index contributed by atoms with van der Waals surface area (Å²) in [5, 5.41) is 21.7. The van der Waals surface area contributed by atoms with Crippen molar-refractivity contribution in [2.75, 3.05) is 11.9 Å². The molecule has 1 fully saturated rings. The summed E-state index contributed by atoms with van der Waals surface area (Å²) < 4.78 is 0. The molecule has 1 aliphatic carbocycles. The molecule has 1 aromatic rings. The zero-order valence-corrected chi connectivity index (χ0v) is 10.5. The smallest absolute Gasteiger partial charge is 0.356 e. The van der Waals surface area contributed by atoms with Crippen LogP contribution in [0.4, 0.5) is 5.82 Å². The van der Waals surface area contributed by atoms with Crippen LogP contribution in [0.3, 0.4) is 0 Å². The van der Waals surface area contributed by atoms with Gasteiger partial charge < -0.3 is 15.5 Å². The van der Waals surface area contributed by atoms with Crippen molar-refractivity contribution in [3.63, 3.8) is 0 Å². The second-order valence-electron chi connectivity index (χ2n) is 4.47. The third kappa shape index (κ3) is 2.91. The predicted molar refractivity (Wildman–Crippen MR) is 68.0 cm³/mol. The number of halogens is 1. The van der Waals surface area contributed by atoms with Crippen molar-refractivity contribution in [3.05, 3.63) is 22.8 Å². The van der Waals surface area contributed by atoms with E-state index >= 15 is 0 Å². The summed E-state index contributed by atoms with van der Waals surface area (Å²) in [4.78, 5) is 14.8. The lowest BCUT2D eigenvalue weighted by Crippen LogP contribution is -2.22. The number of aromatic carboxylic acids is 1. The third-order valence-corrected chi connectivity index (χ3v) is 3.52. The van der Waals surface area contributed by atoms with Gasteiger partial charge in [0, 0.05) is 12.5 Å². The van der Waals surface area contributed by atoms with Gasteiger partial charge in [-0.2, -0.15) is 0 Å². The highest BCUT2D eigenvalue weighted by molar-refractivity contribution is 6.33. The number of nitrogens with zero attached hydrogens (tertiary/aromatic N) is 1. The Balaban J connectivity index is 2.01. The number of carboxylic acid groups (broad SMARTS) is 1. The quantitative estimate of drug-likeness (QED) is 0.780. The van der Waals surface area contributed by atoms with Gasteiger partial charge in [0.15, 0.2) is 5.69 Å². The lowest BCUT2D eigenvalue weighted by Gasteiger charge is -2.15. The van der Waals surface area contributed by atoms with Crippen LogP contribution in [-0.4, -0.2) is 33.8 Å². The fraction of sp³-hybridized carbons (Fsp3) is 0.500. The molecule has 1 heterocycles. The Morgan fingerprint density at radius 3 is 2.89 bits per heavy atom. The lowest BCUT2D eigenvalue weighted by molar-refractivity contribution is 0.0691. The highest BCUT2D eigenvalue weighted by atomic mass is 35.5. The highest BCUT2D eigenvalue weighted by Crippen LogP contribution is 2.26. The molecule has 0 radical (unpaired) electrons. The van der Waals surface area contributed by atoms with E-state index in [9.17, 15) is 9.90 Å². The number of aliphatic hydroxyl groups is 1. The van der Waals surface area contributed by atoms with E-state index in [1.807, 2.05) is 0 Å². The molecule has 0 aliphatic heterocycles. The molecule has 2 rings (SSSR count). The van der Waals surface area contributed by atoms with E-state index < -0.39 is 5.97 Å². The van der Waals surface area contributed by atoms with Gasteiger partial charge in [0.2, 0.25) is 0 Å². The molecule has 0 amide bonds. The molecule has 1 saturated carbocycles. The first-order chi connectivity index (χ1) is 8.58. The van der Waals surface area contributed by atoms with Crippen LogP contribution >= 0.6 is 11.6 Å². The molecule has 6 heteroatoms. The lowest BCUT2D eigenvalue weighted by atomic mass is 10.1. The van der Waals surface area contributed by atoms with E-state index in [4.69, 9.17) is 16.7 Å². The van der Waals surface area contributed by atoms with Gasteiger partial charge in [0.05, 0.1) is 11.1 Å². The number of carboxylic acids is 1. The van der Waals surface area contributed by atoms with E-state index in [2.05, 4.69) is 10.3 Å². The van der Waals surface area contributed by atoms with Crippen LogP contribution in [0.25, 0.3) is 0 Å². The maximum Gasteiger partial charge on any atom is 0.356 e. The fourth-order valence-corrected chi connectivity index (χ4v) is 2.37. The topological polar surface area (TPSA) is 82.5 Å². The largest absolute Gasteiger partial charge is 0.476 e. The van der Waals surface area contributed by atoms with Crippen LogP contribution in [0.15, 0.2) is 12.1 Å². The summed E-state index contributed by atoms with van der Waals surface area (Å²) in [5.41, 5.74) is -0.159. The Bertz CT molecular complexity index is 453. The number of pyridine rings is 1. The van der Waals surface area contributed by atoms with Gasteiger partial charge in [-0.3, -0.25) is 0 Å². The van der Waals surface area contributed by atoms with Crippen LogP contribution in [0.1, 0.15) is 29.8 Å². The van der Waals surface area contributed by atoms with E-state index in [1.165, 1.54) is 6.07 Å². The minimum Gasteiger partial charge on any atom is -0.476 e. The van der Waals surface area contributed by atoms with E-state index in [1.54, 1.807) is 6.07 Å². The molecule has 98 valence electrons. The van der Waals surface area contributed by atoms with Gasteiger partial charge in [-0.05, 0) is 25.0 Å². The zero-order valence-electron chi connectivity index (χ0n) is 9.77. The Morgan fingerprint density at radius 1 is 1.50 bits per heavy atom. The summed E-state index contributed by atoms with van der Waals surface area (Å²) in [7, 11) is 0. The molecule has 2 atom stereocenters. The number of carbonyl (C=O) groups is 1. The maximum absolute atomic E-state index is 10.9. The van der Waals surface area contributed by atoms with E-state index in [0.717, 1.165) is 19.3 Å². The number of aliphatic hydroxyl groups excluding tert-OH is 1. The molecule has 5 nitrogen and oxygen atoms in total. The first-order valence-corrected chi connectivity index (χ1v) is 6.27. The van der Waals surface area contributed by atoms with Crippen LogP contribution in [-0.2, 0) is 0 Å². The number of anilines is 1. The first-order valence-electron chi connectivity index (χ1n) is 5.89. The second kappa shape index (κ2) is 5.54. The molecule has 1 aliphatic rings. The average molecular weight is 271 g/mol. The van der Waals surface area contributed by atoms with Crippen molar-refractivity contribution in [1.29, 1.82) is 0 Å². The minimum atomic E-state index is -1.15. The van der Waals surface area contributed by atoms with Gasteiger partial charge in [0.1, 0.15) is 5.82 Å². The van der Waals surface area contributed by atoms with Crippen molar-refractivity contribution in [1.82, 2.24) is 4.98 Å². The Morgan fingerprint density at radius 2 is 2.28 bits per heavy atom. The Labute approximate surface area is 110 Å². The number of hydrogen-bond donors (Lipinski definition) is 3. The molecule has 0 bridgehead atoms. The van der Waals surface area contributed by atoms with Gasteiger partial charge in [0.25, 0.3) is 0 Å². The van der Waals surface area contributed by atoms with E-state index in [0.29, 0.717) is 12.4 Å². The molecule has 18 heavy (non-hydrogen) atoms. The van der Waals surface area contributed by atoms with Crippen LogP contribution in [0.2, 0.25) is 5.02 Å². The molecule has 0 aromatic carbocycles. The van der Waals surface area contributed by atoms with Crippen molar-refractivity contribution in [3.8, 4) is 0 Å². The summed E-state index contributed by atoms with van der Waals surface area (Å²) in [6.07, 6.45) is 2.57. The molecular weight excluding hydrogens is 256 g/mol. The summed E-state index contributed by atoms with van der Waals surface area (Å²) in [6.45, 7) is 0.592. The van der Waals surface area contributed by atoms with Crippen LogP contribution < -0.4 is 5.32 Å². The first kappa shape index (κ1) is 13.1. The van der Waals surface area contributed by atoms with Gasteiger partial charge in [-0.25, -0.2) is 9.78 Å². The molecule has 0 saturated heterocycles. The number of hydrogen-bond acceptors (Lipinski definition) is 4. The zero-order chi connectivity index (χ0) is 13.1. The molecular formula is C12H15ClN2O3. The number of aromatic nitrogens is 1. The van der Waals surface area contributed by atoms with Crippen LogP contribution in [0.5, 0.6) is 0 Å². The highest BCUT2D eigenvalue weighted by Gasteiger charge is 2.24. The van der Waals surface area contributed by atoms with Gasteiger partial charge in [-0.1, -0.05) is 18.0 Å². The van der Waals surface area contributed by atoms with Crippen LogP contribution in [0, 0.1) is 5.92 Å². The Hall–Kier alpha value is -1.33. The standard InChI is InChI=1S/C12H15ClN2O3/c13-8-4-5-10(15-11(8)12(17)18)14-6-7-2-1-3-9(7)16/h4-5,7,9,16H,1-3,6H2,(H,14,15)(H,17,18). The van der Waals surface area contributed by atoms with Crippen molar-refractivity contribution < 1.29 is 15.0 Å². The molecule has 1 aromatic heterocycles. The predicted octanol–water partition coefficient (Wildman–Crippen LogP) is 2.01. The fourth-order valence-electron chi connectivity index (χ4n) is 2.18. The Kier molecular flexibility index (Phi) is 4.04.